The standard InChI is InChI=1S/C12H25N3O2/c1-5-10(4)15-8-11(16)13-6-7-14-12(17)9(2)3/h9-10,15H,5-8H2,1-4H3,(H,13,16)(H,14,17). The molecular weight excluding hydrogens is 218 g/mol. The fraction of sp³-hybridized carbons (Fsp3) is 0.833. The van der Waals surface area contributed by atoms with E-state index in [1.54, 1.807) is 0 Å². The maximum absolute atomic E-state index is 11.4. The summed E-state index contributed by atoms with van der Waals surface area (Å²) >= 11 is 0. The first-order chi connectivity index (χ1) is 7.97. The minimum absolute atomic E-state index is 0.0111. The van der Waals surface area contributed by atoms with Gasteiger partial charge in [0.25, 0.3) is 0 Å². The third-order valence-electron chi connectivity index (χ3n) is 2.49. The molecule has 0 radical (unpaired) electrons. The highest BCUT2D eigenvalue weighted by atomic mass is 16.2. The number of rotatable bonds is 8. The first-order valence-electron chi connectivity index (χ1n) is 6.25. The lowest BCUT2D eigenvalue weighted by molar-refractivity contribution is -0.124. The highest BCUT2D eigenvalue weighted by molar-refractivity contribution is 5.79. The quantitative estimate of drug-likeness (QED) is 0.536. The lowest BCUT2D eigenvalue weighted by atomic mass is 10.2. The maximum Gasteiger partial charge on any atom is 0.234 e. The van der Waals surface area contributed by atoms with Gasteiger partial charge in [0, 0.05) is 25.0 Å². The van der Waals surface area contributed by atoms with Gasteiger partial charge in [-0.05, 0) is 13.3 Å². The minimum Gasteiger partial charge on any atom is -0.354 e. The highest BCUT2D eigenvalue weighted by Crippen LogP contribution is 1.89. The molecule has 0 heterocycles. The Morgan fingerprint density at radius 1 is 1.06 bits per heavy atom. The van der Waals surface area contributed by atoms with Crippen LogP contribution in [0.2, 0.25) is 0 Å². The van der Waals surface area contributed by atoms with E-state index in [1.165, 1.54) is 0 Å². The topological polar surface area (TPSA) is 70.2 Å². The Balaban J connectivity index is 3.49. The fourth-order valence-corrected chi connectivity index (χ4v) is 1.07. The molecule has 0 spiro atoms. The monoisotopic (exact) mass is 243 g/mol. The molecule has 3 N–H and O–H groups in total. The summed E-state index contributed by atoms with van der Waals surface area (Å²) in [7, 11) is 0. The van der Waals surface area contributed by atoms with E-state index in [0.717, 1.165) is 6.42 Å². The molecule has 0 rings (SSSR count). The molecular formula is C12H25N3O2. The van der Waals surface area contributed by atoms with E-state index in [4.69, 9.17) is 0 Å². The number of hydrogen-bond donors (Lipinski definition) is 3. The zero-order valence-electron chi connectivity index (χ0n) is 11.3. The number of hydrogen-bond acceptors (Lipinski definition) is 3. The molecule has 5 heteroatoms. The first-order valence-corrected chi connectivity index (χ1v) is 6.25. The van der Waals surface area contributed by atoms with E-state index in [-0.39, 0.29) is 17.7 Å². The van der Waals surface area contributed by atoms with Crippen LogP contribution in [0.15, 0.2) is 0 Å². The van der Waals surface area contributed by atoms with Crippen LogP contribution in [0.1, 0.15) is 34.1 Å². The molecule has 0 aliphatic heterocycles. The first kappa shape index (κ1) is 15.9. The third kappa shape index (κ3) is 8.68. The Bertz CT molecular complexity index is 242. The van der Waals surface area contributed by atoms with Gasteiger partial charge in [0.05, 0.1) is 6.54 Å². The molecule has 0 aromatic carbocycles. The van der Waals surface area contributed by atoms with Gasteiger partial charge in [-0.1, -0.05) is 20.8 Å². The Morgan fingerprint density at radius 2 is 1.65 bits per heavy atom. The van der Waals surface area contributed by atoms with Gasteiger partial charge in [-0.25, -0.2) is 0 Å². The SMILES string of the molecule is CCC(C)NCC(=O)NCCNC(=O)C(C)C. The van der Waals surface area contributed by atoms with Gasteiger partial charge in [-0.15, -0.1) is 0 Å². The summed E-state index contributed by atoms with van der Waals surface area (Å²) in [6.07, 6.45) is 0.998. The predicted octanol–water partition coefficient (Wildman–Crippen LogP) is 0.263. The molecule has 17 heavy (non-hydrogen) atoms. The number of nitrogens with one attached hydrogen (secondary N) is 3. The van der Waals surface area contributed by atoms with Crippen molar-refractivity contribution in [2.45, 2.75) is 40.2 Å². The van der Waals surface area contributed by atoms with Crippen molar-refractivity contribution in [1.82, 2.24) is 16.0 Å². The minimum atomic E-state index is -0.0379. The van der Waals surface area contributed by atoms with Crippen molar-refractivity contribution in [3.63, 3.8) is 0 Å². The van der Waals surface area contributed by atoms with Crippen LogP contribution in [0, 0.1) is 5.92 Å². The molecule has 0 aliphatic rings. The summed E-state index contributed by atoms with van der Waals surface area (Å²) in [6.45, 7) is 9.06. The Hall–Kier alpha value is -1.10. The van der Waals surface area contributed by atoms with Crippen molar-refractivity contribution < 1.29 is 9.59 Å². The van der Waals surface area contributed by atoms with E-state index in [1.807, 2.05) is 20.8 Å². The molecule has 0 saturated heterocycles. The van der Waals surface area contributed by atoms with Crippen LogP contribution >= 0.6 is 0 Å². The molecule has 1 unspecified atom stereocenters. The maximum atomic E-state index is 11.4. The van der Waals surface area contributed by atoms with Crippen molar-refractivity contribution >= 4 is 11.8 Å². The van der Waals surface area contributed by atoms with Crippen LogP contribution in [0.5, 0.6) is 0 Å². The predicted molar refractivity (Wildman–Crippen MR) is 68.6 cm³/mol. The third-order valence-corrected chi connectivity index (χ3v) is 2.49. The zero-order valence-corrected chi connectivity index (χ0v) is 11.3. The van der Waals surface area contributed by atoms with Gasteiger partial charge in [0.2, 0.25) is 11.8 Å². The Morgan fingerprint density at radius 3 is 2.18 bits per heavy atom. The number of amides is 2. The van der Waals surface area contributed by atoms with Crippen LogP contribution in [0.3, 0.4) is 0 Å². The van der Waals surface area contributed by atoms with Crippen LogP contribution in [0.4, 0.5) is 0 Å². The molecule has 100 valence electrons. The average molecular weight is 243 g/mol. The van der Waals surface area contributed by atoms with E-state index in [0.29, 0.717) is 25.7 Å². The van der Waals surface area contributed by atoms with E-state index in [2.05, 4.69) is 22.9 Å². The molecule has 0 bridgehead atoms. The molecule has 0 aromatic heterocycles. The van der Waals surface area contributed by atoms with Crippen LogP contribution < -0.4 is 16.0 Å². The molecule has 0 aliphatic carbocycles. The van der Waals surface area contributed by atoms with Crippen molar-refractivity contribution in [3.8, 4) is 0 Å². The van der Waals surface area contributed by atoms with E-state index in [9.17, 15) is 9.59 Å². The molecule has 1 atom stereocenters. The lowest BCUT2D eigenvalue weighted by Crippen LogP contribution is -2.41. The van der Waals surface area contributed by atoms with Gasteiger partial charge >= 0.3 is 0 Å². The second-order valence-electron chi connectivity index (χ2n) is 4.49. The van der Waals surface area contributed by atoms with Crippen LogP contribution in [-0.2, 0) is 9.59 Å². The van der Waals surface area contributed by atoms with Crippen LogP contribution in [-0.4, -0.2) is 37.5 Å². The second kappa shape index (κ2) is 8.98. The lowest BCUT2D eigenvalue weighted by Gasteiger charge is -2.12. The summed E-state index contributed by atoms with van der Waals surface area (Å²) in [6, 6.07) is 0.349. The van der Waals surface area contributed by atoms with E-state index < -0.39 is 0 Å². The smallest absolute Gasteiger partial charge is 0.234 e. The van der Waals surface area contributed by atoms with E-state index >= 15 is 0 Å². The van der Waals surface area contributed by atoms with Crippen molar-refractivity contribution in [2.24, 2.45) is 5.92 Å². The summed E-state index contributed by atoms with van der Waals surface area (Å²) in [5.41, 5.74) is 0. The summed E-state index contributed by atoms with van der Waals surface area (Å²) in [5.74, 6) is -0.0427. The van der Waals surface area contributed by atoms with Gasteiger partial charge in [-0.2, -0.15) is 0 Å². The Kier molecular flexibility index (Phi) is 8.40. The van der Waals surface area contributed by atoms with Crippen molar-refractivity contribution in [3.05, 3.63) is 0 Å². The summed E-state index contributed by atoms with van der Waals surface area (Å²) in [4.78, 5) is 22.6. The van der Waals surface area contributed by atoms with Crippen LogP contribution in [0.25, 0.3) is 0 Å². The van der Waals surface area contributed by atoms with Gasteiger partial charge in [-0.3, -0.25) is 9.59 Å². The molecule has 0 fully saturated rings. The Labute approximate surface area is 104 Å². The fourth-order valence-electron chi connectivity index (χ4n) is 1.07. The highest BCUT2D eigenvalue weighted by Gasteiger charge is 2.06. The number of carbonyl (C=O) groups is 2. The van der Waals surface area contributed by atoms with Gasteiger partial charge in [0.15, 0.2) is 0 Å². The zero-order chi connectivity index (χ0) is 13.3. The molecule has 5 nitrogen and oxygen atoms in total. The number of carbonyl (C=O) groups excluding carboxylic acids is 2. The normalized spacial score (nSPS) is 12.3. The van der Waals surface area contributed by atoms with Crippen molar-refractivity contribution in [1.29, 1.82) is 0 Å². The van der Waals surface area contributed by atoms with Gasteiger partial charge in [0.1, 0.15) is 0 Å². The van der Waals surface area contributed by atoms with Crippen molar-refractivity contribution in [2.75, 3.05) is 19.6 Å². The van der Waals surface area contributed by atoms with Gasteiger partial charge < -0.3 is 16.0 Å². The molecule has 0 saturated carbocycles. The second-order valence-corrected chi connectivity index (χ2v) is 4.49. The average Bonchev–Trinajstić information content (AvgIpc) is 2.30. The summed E-state index contributed by atoms with van der Waals surface area (Å²) < 4.78 is 0. The summed E-state index contributed by atoms with van der Waals surface area (Å²) in [5, 5.41) is 8.58. The molecule has 0 aromatic rings. The molecule has 2 amide bonds. The largest absolute Gasteiger partial charge is 0.354 e.